The molecule has 0 saturated heterocycles. The van der Waals surface area contributed by atoms with E-state index >= 15 is 0 Å². The molecule has 0 bridgehead atoms. The lowest BCUT2D eigenvalue weighted by Gasteiger charge is -2.29. The number of fused-ring (bicyclic) bond motifs is 1. The summed E-state index contributed by atoms with van der Waals surface area (Å²) < 4.78 is 5.31. The molecule has 5 heteroatoms. The molecule has 0 aliphatic heterocycles. The van der Waals surface area contributed by atoms with Gasteiger partial charge in [0.15, 0.2) is 0 Å². The van der Waals surface area contributed by atoms with Gasteiger partial charge in [0, 0.05) is 19.5 Å². The fourth-order valence-electron chi connectivity index (χ4n) is 3.77. The van der Waals surface area contributed by atoms with Crippen molar-refractivity contribution < 1.29 is 14.3 Å². The average molecular weight is 419 g/mol. The van der Waals surface area contributed by atoms with Crippen molar-refractivity contribution in [3.63, 3.8) is 0 Å². The molecule has 0 aromatic heterocycles. The van der Waals surface area contributed by atoms with Crippen LogP contribution in [-0.2, 0) is 22.6 Å². The van der Waals surface area contributed by atoms with Crippen molar-refractivity contribution in [3.05, 3.63) is 77.9 Å². The average Bonchev–Trinajstić information content (AvgIpc) is 2.80. The molecule has 3 aromatic carbocycles. The van der Waals surface area contributed by atoms with Crippen molar-refractivity contribution in [2.45, 2.75) is 39.3 Å². The number of hydrogen-bond donors (Lipinski definition) is 1. The quantitative estimate of drug-likeness (QED) is 0.563. The Morgan fingerprint density at radius 1 is 1.03 bits per heavy atom. The molecular formula is C26H30N2O3. The van der Waals surface area contributed by atoms with Gasteiger partial charge in [-0.1, -0.05) is 54.6 Å². The minimum absolute atomic E-state index is 0.0468. The van der Waals surface area contributed by atoms with Gasteiger partial charge in [-0.25, -0.2) is 0 Å². The summed E-state index contributed by atoms with van der Waals surface area (Å²) in [5.41, 5.74) is 2.06. The Balaban J connectivity index is 1.79. The summed E-state index contributed by atoms with van der Waals surface area (Å²) >= 11 is 0. The first-order chi connectivity index (χ1) is 15.0. The summed E-state index contributed by atoms with van der Waals surface area (Å²) in [4.78, 5) is 27.5. The lowest BCUT2D eigenvalue weighted by molar-refractivity contribution is -0.140. The van der Waals surface area contributed by atoms with Crippen LogP contribution in [0, 0.1) is 0 Å². The normalized spacial score (nSPS) is 11.7. The number of methoxy groups -OCH3 is 1. The third kappa shape index (κ3) is 5.63. The van der Waals surface area contributed by atoms with Crippen LogP contribution in [0.2, 0.25) is 0 Å². The van der Waals surface area contributed by atoms with Crippen molar-refractivity contribution >= 4 is 22.6 Å². The number of nitrogens with zero attached hydrogens (tertiary/aromatic N) is 1. The van der Waals surface area contributed by atoms with Crippen LogP contribution >= 0.6 is 0 Å². The highest BCUT2D eigenvalue weighted by atomic mass is 16.5. The first kappa shape index (κ1) is 22.3. The zero-order chi connectivity index (χ0) is 22.2. The Bertz CT molecular complexity index is 1040. The number of nitrogens with one attached hydrogen (secondary N) is 1. The lowest BCUT2D eigenvalue weighted by Crippen LogP contribution is -2.47. The second-order valence-electron chi connectivity index (χ2n) is 7.58. The molecule has 2 amide bonds. The first-order valence-corrected chi connectivity index (χ1v) is 10.7. The highest BCUT2D eigenvalue weighted by molar-refractivity contribution is 5.88. The zero-order valence-electron chi connectivity index (χ0n) is 18.4. The van der Waals surface area contributed by atoms with Crippen molar-refractivity contribution in [1.82, 2.24) is 10.2 Å². The van der Waals surface area contributed by atoms with E-state index in [1.807, 2.05) is 49.4 Å². The molecule has 0 spiro atoms. The number of rotatable bonds is 9. The number of carbonyl (C=O) groups excluding carboxylic acids is 2. The molecule has 162 valence electrons. The maximum atomic E-state index is 13.3. The van der Waals surface area contributed by atoms with Crippen LogP contribution in [0.5, 0.6) is 5.75 Å². The van der Waals surface area contributed by atoms with Gasteiger partial charge in [-0.3, -0.25) is 9.59 Å². The minimum atomic E-state index is -0.564. The van der Waals surface area contributed by atoms with Crippen LogP contribution in [0.1, 0.15) is 31.4 Å². The van der Waals surface area contributed by atoms with Gasteiger partial charge in [0.1, 0.15) is 11.8 Å². The minimum Gasteiger partial charge on any atom is -0.497 e. The second-order valence-corrected chi connectivity index (χ2v) is 7.58. The number of aryl methyl sites for hydroxylation is 1. The summed E-state index contributed by atoms with van der Waals surface area (Å²) in [6.07, 6.45) is 0.957. The molecule has 31 heavy (non-hydrogen) atoms. The van der Waals surface area contributed by atoms with Gasteiger partial charge in [0.2, 0.25) is 11.8 Å². The molecule has 3 rings (SSSR count). The van der Waals surface area contributed by atoms with Gasteiger partial charge in [0.25, 0.3) is 0 Å². The van der Waals surface area contributed by atoms with Crippen molar-refractivity contribution in [1.29, 1.82) is 0 Å². The van der Waals surface area contributed by atoms with Crippen molar-refractivity contribution in [2.75, 3.05) is 13.7 Å². The third-order valence-electron chi connectivity index (χ3n) is 5.49. The standard InChI is InChI=1S/C26H30N2O3/c1-4-27-26(30)19(2)28(18-20-9-7-13-23(17-20)31-3)25(29)16-15-22-12-8-11-21-10-5-6-14-24(21)22/h5-14,17,19H,4,15-16,18H2,1-3H3,(H,27,30). The molecular weight excluding hydrogens is 388 g/mol. The molecule has 5 nitrogen and oxygen atoms in total. The number of hydrogen-bond acceptors (Lipinski definition) is 3. The summed E-state index contributed by atoms with van der Waals surface area (Å²) in [6, 6.07) is 21.4. The van der Waals surface area contributed by atoms with Crippen LogP contribution in [0.3, 0.4) is 0 Å². The van der Waals surface area contributed by atoms with Crippen molar-refractivity contribution in [2.24, 2.45) is 0 Å². The molecule has 0 heterocycles. The number of ether oxygens (including phenoxy) is 1. The Hall–Kier alpha value is -3.34. The highest BCUT2D eigenvalue weighted by Gasteiger charge is 2.25. The fourth-order valence-corrected chi connectivity index (χ4v) is 3.77. The van der Waals surface area contributed by atoms with E-state index in [1.54, 1.807) is 18.9 Å². The van der Waals surface area contributed by atoms with Crippen LogP contribution in [0.25, 0.3) is 10.8 Å². The van der Waals surface area contributed by atoms with Gasteiger partial charge < -0.3 is 15.0 Å². The van der Waals surface area contributed by atoms with Crippen LogP contribution in [-0.4, -0.2) is 36.4 Å². The maximum Gasteiger partial charge on any atom is 0.242 e. The lowest BCUT2D eigenvalue weighted by atomic mass is 10.0. The van der Waals surface area contributed by atoms with Gasteiger partial charge in [-0.15, -0.1) is 0 Å². The van der Waals surface area contributed by atoms with Gasteiger partial charge in [-0.05, 0) is 54.3 Å². The molecule has 1 atom stereocenters. The molecule has 0 aliphatic carbocycles. The zero-order valence-corrected chi connectivity index (χ0v) is 18.4. The van der Waals surface area contributed by atoms with E-state index < -0.39 is 6.04 Å². The largest absolute Gasteiger partial charge is 0.497 e. The molecule has 1 N–H and O–H groups in total. The van der Waals surface area contributed by atoms with E-state index in [9.17, 15) is 9.59 Å². The van der Waals surface area contributed by atoms with Gasteiger partial charge >= 0.3 is 0 Å². The Morgan fingerprint density at radius 3 is 2.55 bits per heavy atom. The predicted octanol–water partition coefficient (Wildman–Crippen LogP) is 4.33. The molecule has 0 aliphatic rings. The summed E-state index contributed by atoms with van der Waals surface area (Å²) in [7, 11) is 1.61. The van der Waals surface area contributed by atoms with E-state index in [-0.39, 0.29) is 11.8 Å². The van der Waals surface area contributed by atoms with Crippen molar-refractivity contribution in [3.8, 4) is 5.75 Å². The van der Waals surface area contributed by atoms with E-state index in [2.05, 4.69) is 29.6 Å². The van der Waals surface area contributed by atoms with E-state index in [4.69, 9.17) is 4.74 Å². The number of carbonyl (C=O) groups is 2. The Morgan fingerprint density at radius 2 is 1.77 bits per heavy atom. The van der Waals surface area contributed by atoms with E-state index in [0.717, 1.165) is 27.6 Å². The maximum absolute atomic E-state index is 13.3. The van der Waals surface area contributed by atoms with E-state index in [1.165, 1.54) is 0 Å². The summed E-state index contributed by atoms with van der Waals surface area (Å²) in [5, 5.41) is 5.15. The molecule has 1 unspecified atom stereocenters. The molecule has 0 saturated carbocycles. The number of benzene rings is 3. The SMILES string of the molecule is CCNC(=O)C(C)N(Cc1cccc(OC)c1)C(=O)CCc1cccc2ccccc12. The van der Waals surface area contributed by atoms with Gasteiger partial charge in [0.05, 0.1) is 7.11 Å². The molecule has 0 radical (unpaired) electrons. The summed E-state index contributed by atoms with van der Waals surface area (Å²) in [5.74, 6) is 0.532. The number of likely N-dealkylation sites (N-methyl/N-ethyl adjacent to an activating group) is 1. The smallest absolute Gasteiger partial charge is 0.242 e. The van der Waals surface area contributed by atoms with Gasteiger partial charge in [-0.2, -0.15) is 0 Å². The Labute approximate surface area is 184 Å². The number of amides is 2. The molecule has 0 fully saturated rings. The van der Waals surface area contributed by atoms with Crippen LogP contribution in [0.4, 0.5) is 0 Å². The van der Waals surface area contributed by atoms with Crippen LogP contribution in [0.15, 0.2) is 66.7 Å². The topological polar surface area (TPSA) is 58.6 Å². The second kappa shape index (κ2) is 10.6. The summed E-state index contributed by atoms with van der Waals surface area (Å²) in [6.45, 7) is 4.53. The monoisotopic (exact) mass is 418 g/mol. The molecule has 3 aromatic rings. The van der Waals surface area contributed by atoms with E-state index in [0.29, 0.717) is 25.9 Å². The predicted molar refractivity (Wildman–Crippen MR) is 124 cm³/mol. The highest BCUT2D eigenvalue weighted by Crippen LogP contribution is 2.21. The van der Waals surface area contributed by atoms with Crippen LogP contribution < -0.4 is 10.1 Å². The Kier molecular flexibility index (Phi) is 7.65. The first-order valence-electron chi connectivity index (χ1n) is 10.7. The fraction of sp³-hybridized carbons (Fsp3) is 0.308. The third-order valence-corrected chi connectivity index (χ3v) is 5.49.